The van der Waals surface area contributed by atoms with E-state index in [1.807, 2.05) is 6.92 Å². The molecule has 0 radical (unpaired) electrons. The molecule has 0 atom stereocenters. The van der Waals surface area contributed by atoms with E-state index in [0.29, 0.717) is 13.2 Å². The summed E-state index contributed by atoms with van der Waals surface area (Å²) in [6, 6.07) is 3.07. The topological polar surface area (TPSA) is 80.6 Å². The van der Waals surface area contributed by atoms with Gasteiger partial charge < -0.3 is 19.7 Å². The van der Waals surface area contributed by atoms with Gasteiger partial charge in [0.2, 0.25) is 5.91 Å². The van der Waals surface area contributed by atoms with Crippen molar-refractivity contribution in [2.75, 3.05) is 19.8 Å². The summed E-state index contributed by atoms with van der Waals surface area (Å²) < 4.78 is 6.69. The van der Waals surface area contributed by atoms with Crippen molar-refractivity contribution >= 4 is 11.9 Å². The fraction of sp³-hybridized carbons (Fsp3) is 0.538. The lowest BCUT2D eigenvalue weighted by Crippen LogP contribution is -2.29. The fourth-order valence-electron chi connectivity index (χ4n) is 1.61. The molecule has 1 rings (SSSR count). The number of hydrogen-bond donors (Lipinski definition) is 2. The van der Waals surface area contributed by atoms with E-state index in [0.717, 1.165) is 19.4 Å². The highest BCUT2D eigenvalue weighted by Gasteiger charge is 2.10. The Morgan fingerprint density at radius 3 is 2.89 bits per heavy atom. The van der Waals surface area contributed by atoms with Crippen LogP contribution in [0.1, 0.15) is 30.3 Å². The SMILES string of the molecule is CCCOCCCNC(=O)Cn1cccc1C(=O)O. The zero-order valence-corrected chi connectivity index (χ0v) is 11.1. The molecule has 0 spiro atoms. The maximum atomic E-state index is 11.6. The Balaban J connectivity index is 2.24. The monoisotopic (exact) mass is 268 g/mol. The van der Waals surface area contributed by atoms with E-state index in [2.05, 4.69) is 5.32 Å². The van der Waals surface area contributed by atoms with Crippen molar-refractivity contribution in [2.45, 2.75) is 26.3 Å². The smallest absolute Gasteiger partial charge is 0.352 e. The van der Waals surface area contributed by atoms with Crippen LogP contribution < -0.4 is 5.32 Å². The molecular weight excluding hydrogens is 248 g/mol. The van der Waals surface area contributed by atoms with Crippen LogP contribution in [0.4, 0.5) is 0 Å². The second kappa shape index (κ2) is 8.31. The molecule has 6 nitrogen and oxygen atoms in total. The molecule has 1 amide bonds. The molecule has 1 aromatic heterocycles. The summed E-state index contributed by atoms with van der Waals surface area (Å²) in [4.78, 5) is 22.5. The van der Waals surface area contributed by atoms with Gasteiger partial charge in [0.25, 0.3) is 0 Å². The first-order valence-corrected chi connectivity index (χ1v) is 6.38. The third kappa shape index (κ3) is 5.56. The zero-order chi connectivity index (χ0) is 14.1. The molecular formula is C13H20N2O4. The van der Waals surface area contributed by atoms with Gasteiger partial charge in [-0.15, -0.1) is 0 Å². The third-order valence-electron chi connectivity index (χ3n) is 2.50. The Labute approximate surface area is 112 Å². The van der Waals surface area contributed by atoms with Crippen LogP contribution in [0.15, 0.2) is 18.3 Å². The van der Waals surface area contributed by atoms with Gasteiger partial charge in [-0.05, 0) is 25.0 Å². The highest BCUT2D eigenvalue weighted by molar-refractivity contribution is 5.86. The third-order valence-corrected chi connectivity index (χ3v) is 2.50. The first-order valence-electron chi connectivity index (χ1n) is 6.38. The molecule has 1 heterocycles. The largest absolute Gasteiger partial charge is 0.477 e. The van der Waals surface area contributed by atoms with Gasteiger partial charge in [-0.1, -0.05) is 6.92 Å². The maximum Gasteiger partial charge on any atom is 0.352 e. The first kappa shape index (κ1) is 15.2. The number of ether oxygens (including phenoxy) is 1. The molecule has 0 bridgehead atoms. The average Bonchev–Trinajstić information content (AvgIpc) is 2.81. The zero-order valence-electron chi connectivity index (χ0n) is 11.1. The van der Waals surface area contributed by atoms with E-state index in [-0.39, 0.29) is 18.1 Å². The van der Waals surface area contributed by atoms with Crippen LogP contribution in [-0.4, -0.2) is 41.3 Å². The van der Waals surface area contributed by atoms with Gasteiger partial charge in [0.15, 0.2) is 0 Å². The van der Waals surface area contributed by atoms with Gasteiger partial charge >= 0.3 is 5.97 Å². The Hall–Kier alpha value is -1.82. The molecule has 0 unspecified atom stereocenters. The van der Waals surface area contributed by atoms with Crippen molar-refractivity contribution in [3.05, 3.63) is 24.0 Å². The van der Waals surface area contributed by atoms with Crippen LogP contribution in [0.25, 0.3) is 0 Å². The number of carboxylic acids is 1. The minimum Gasteiger partial charge on any atom is -0.477 e. The average molecular weight is 268 g/mol. The fourth-order valence-corrected chi connectivity index (χ4v) is 1.61. The molecule has 0 saturated carbocycles. The molecule has 0 fully saturated rings. The number of nitrogens with zero attached hydrogens (tertiary/aromatic N) is 1. The number of carbonyl (C=O) groups is 2. The number of carbonyl (C=O) groups excluding carboxylic acids is 1. The number of hydrogen-bond acceptors (Lipinski definition) is 3. The molecule has 0 aliphatic carbocycles. The van der Waals surface area contributed by atoms with Gasteiger partial charge in [-0.3, -0.25) is 4.79 Å². The van der Waals surface area contributed by atoms with Crippen LogP contribution in [0.5, 0.6) is 0 Å². The van der Waals surface area contributed by atoms with Gasteiger partial charge in [0.05, 0.1) is 0 Å². The van der Waals surface area contributed by atoms with E-state index >= 15 is 0 Å². The molecule has 2 N–H and O–H groups in total. The summed E-state index contributed by atoms with van der Waals surface area (Å²) in [7, 11) is 0. The normalized spacial score (nSPS) is 10.4. The molecule has 106 valence electrons. The van der Waals surface area contributed by atoms with E-state index in [1.165, 1.54) is 10.6 Å². The van der Waals surface area contributed by atoms with Crippen molar-refractivity contribution in [2.24, 2.45) is 0 Å². The lowest BCUT2D eigenvalue weighted by molar-refractivity contribution is -0.121. The highest BCUT2D eigenvalue weighted by atomic mass is 16.5. The molecule has 19 heavy (non-hydrogen) atoms. The summed E-state index contributed by atoms with van der Waals surface area (Å²) in [6.07, 6.45) is 3.31. The van der Waals surface area contributed by atoms with Crippen molar-refractivity contribution in [1.29, 1.82) is 0 Å². The van der Waals surface area contributed by atoms with E-state index in [4.69, 9.17) is 9.84 Å². The number of rotatable bonds is 9. The number of aromatic carboxylic acids is 1. The predicted molar refractivity (Wildman–Crippen MR) is 70.1 cm³/mol. The second-order valence-corrected chi connectivity index (χ2v) is 4.14. The summed E-state index contributed by atoms with van der Waals surface area (Å²) in [5.74, 6) is -1.24. The van der Waals surface area contributed by atoms with Crippen LogP contribution in [0.3, 0.4) is 0 Å². The number of amides is 1. The van der Waals surface area contributed by atoms with Crippen molar-refractivity contribution in [3.63, 3.8) is 0 Å². The number of nitrogens with one attached hydrogen (secondary N) is 1. The van der Waals surface area contributed by atoms with Crippen molar-refractivity contribution in [1.82, 2.24) is 9.88 Å². The Kier molecular flexibility index (Phi) is 6.67. The standard InChI is InChI=1S/C13H20N2O4/c1-2-8-19-9-4-6-14-12(16)10-15-7-3-5-11(15)13(17)18/h3,5,7H,2,4,6,8-10H2,1H3,(H,14,16)(H,17,18). The van der Waals surface area contributed by atoms with Gasteiger partial charge in [-0.25, -0.2) is 4.79 Å². The van der Waals surface area contributed by atoms with E-state index < -0.39 is 5.97 Å². The summed E-state index contributed by atoms with van der Waals surface area (Å²) in [5.41, 5.74) is 0.112. The predicted octanol–water partition coefficient (Wildman–Crippen LogP) is 1.12. The molecule has 0 aliphatic rings. The summed E-state index contributed by atoms with van der Waals surface area (Å²) >= 11 is 0. The lowest BCUT2D eigenvalue weighted by Gasteiger charge is -2.08. The molecule has 0 saturated heterocycles. The van der Waals surface area contributed by atoms with Crippen LogP contribution >= 0.6 is 0 Å². The quantitative estimate of drug-likeness (QED) is 0.658. The van der Waals surface area contributed by atoms with E-state index in [9.17, 15) is 9.59 Å². The van der Waals surface area contributed by atoms with Gasteiger partial charge in [0, 0.05) is 26.0 Å². The van der Waals surface area contributed by atoms with Crippen LogP contribution in [-0.2, 0) is 16.1 Å². The van der Waals surface area contributed by atoms with Gasteiger partial charge in [-0.2, -0.15) is 0 Å². The molecule has 6 heteroatoms. The number of carboxylic acid groups (broad SMARTS) is 1. The van der Waals surface area contributed by atoms with Crippen LogP contribution in [0, 0.1) is 0 Å². The van der Waals surface area contributed by atoms with E-state index in [1.54, 1.807) is 12.3 Å². The molecule has 1 aromatic rings. The Bertz CT molecular complexity index is 415. The van der Waals surface area contributed by atoms with Crippen LogP contribution in [0.2, 0.25) is 0 Å². The first-order chi connectivity index (χ1) is 9.15. The van der Waals surface area contributed by atoms with Gasteiger partial charge in [0.1, 0.15) is 12.2 Å². The minimum atomic E-state index is -1.04. The Morgan fingerprint density at radius 2 is 2.21 bits per heavy atom. The highest BCUT2D eigenvalue weighted by Crippen LogP contribution is 2.01. The summed E-state index contributed by atoms with van der Waals surface area (Å²) in [5, 5.41) is 11.6. The summed E-state index contributed by atoms with van der Waals surface area (Å²) in [6.45, 7) is 3.95. The number of aromatic nitrogens is 1. The molecule has 0 aromatic carbocycles. The second-order valence-electron chi connectivity index (χ2n) is 4.14. The Morgan fingerprint density at radius 1 is 1.42 bits per heavy atom. The van der Waals surface area contributed by atoms with Crippen molar-refractivity contribution < 1.29 is 19.4 Å². The molecule has 0 aliphatic heterocycles. The lowest BCUT2D eigenvalue weighted by atomic mass is 10.4. The maximum absolute atomic E-state index is 11.6. The van der Waals surface area contributed by atoms with Crippen molar-refractivity contribution in [3.8, 4) is 0 Å². The minimum absolute atomic E-state index is 0.0183.